The Kier molecular flexibility index (Phi) is 15.4. The number of benzene rings is 5. The first kappa shape index (κ1) is 46.3. The maximum atomic E-state index is 13.6. The quantitative estimate of drug-likeness (QED) is 0.0290. The molecule has 0 radical (unpaired) electrons. The second-order valence-electron chi connectivity index (χ2n) is 16.6. The van der Waals surface area contributed by atoms with Crippen molar-refractivity contribution in [3.63, 3.8) is 0 Å². The Hall–Kier alpha value is -6.19. The number of pyridine rings is 1. The third kappa shape index (κ3) is 11.1. The molecule has 1 fully saturated rings. The molecule has 14 heteroatoms. The Bertz CT molecular complexity index is 2800. The number of hydrogen-bond acceptors (Lipinski definition) is 11. The molecule has 2 aromatic heterocycles. The van der Waals surface area contributed by atoms with Crippen LogP contribution in [0.25, 0.3) is 27.5 Å². The SMILES string of the molecule is COC1CCN(CC[C@H](CSc2ccccc2)Nc2ccc(SNC(=O)c3cc(C)c(-c4cccc5c(CCCOc6cccc7ccccc67)c(C(=O)O)nn45)c(C)c3)cc2N=O)CC1. The number of nitrogens with zero attached hydrogens (tertiary/aromatic N) is 4. The van der Waals surface area contributed by atoms with Crippen LogP contribution in [0.1, 0.15) is 63.2 Å². The summed E-state index contributed by atoms with van der Waals surface area (Å²) in [4.78, 5) is 42.7. The van der Waals surface area contributed by atoms with E-state index in [1.807, 2.05) is 117 Å². The van der Waals surface area contributed by atoms with Crippen molar-refractivity contribution in [3.8, 4) is 17.0 Å². The van der Waals surface area contributed by atoms with Gasteiger partial charge in [-0.3, -0.25) is 9.52 Å². The number of carboxylic acid groups (broad SMARTS) is 1. The summed E-state index contributed by atoms with van der Waals surface area (Å²) in [7, 11) is 1.78. The molecule has 0 bridgehead atoms. The van der Waals surface area contributed by atoms with E-state index in [1.165, 1.54) is 4.90 Å². The van der Waals surface area contributed by atoms with Crippen molar-refractivity contribution < 1.29 is 24.2 Å². The van der Waals surface area contributed by atoms with Crippen molar-refractivity contribution in [2.24, 2.45) is 5.18 Å². The summed E-state index contributed by atoms with van der Waals surface area (Å²) in [6.45, 7) is 7.21. The fraction of sp³-hybridized carbons (Fsp3) is 0.288. The largest absolute Gasteiger partial charge is 0.493 e. The topological polar surface area (TPSA) is 147 Å². The molecule has 3 N–H and O–H groups in total. The van der Waals surface area contributed by atoms with Gasteiger partial charge in [0.25, 0.3) is 5.91 Å². The van der Waals surface area contributed by atoms with Crippen molar-refractivity contribution in [2.45, 2.75) is 67.9 Å². The molecule has 1 atom stereocenters. The molecular weight excluding hydrogens is 869 g/mol. The van der Waals surface area contributed by atoms with Crippen LogP contribution in [0.5, 0.6) is 5.75 Å². The fourth-order valence-electron chi connectivity index (χ4n) is 8.75. The van der Waals surface area contributed by atoms with Gasteiger partial charge in [0.05, 0.1) is 29.6 Å². The molecule has 66 heavy (non-hydrogen) atoms. The molecule has 7 aromatic rings. The fourth-order valence-corrected chi connectivity index (χ4v) is 10.4. The van der Waals surface area contributed by atoms with Crippen LogP contribution in [0, 0.1) is 18.8 Å². The summed E-state index contributed by atoms with van der Waals surface area (Å²) < 4.78 is 16.4. The smallest absolute Gasteiger partial charge is 0.356 e. The zero-order chi connectivity index (χ0) is 46.0. The van der Waals surface area contributed by atoms with E-state index < -0.39 is 5.97 Å². The van der Waals surface area contributed by atoms with E-state index in [9.17, 15) is 19.6 Å². The van der Waals surface area contributed by atoms with Gasteiger partial charge in [-0.1, -0.05) is 60.7 Å². The monoisotopic (exact) mass is 922 g/mol. The first-order valence-electron chi connectivity index (χ1n) is 22.3. The second kappa shape index (κ2) is 21.9. The number of nitroso groups, excluding NO2 is 1. The number of carbonyl (C=O) groups excluding carboxylic acids is 1. The van der Waals surface area contributed by atoms with Gasteiger partial charge in [0.15, 0.2) is 5.69 Å². The average molecular weight is 923 g/mol. The summed E-state index contributed by atoms with van der Waals surface area (Å²) in [5.74, 6) is 0.209. The van der Waals surface area contributed by atoms with Crippen molar-refractivity contribution in [1.29, 1.82) is 0 Å². The minimum atomic E-state index is -1.10. The number of fused-ring (bicyclic) bond motifs is 2. The molecule has 5 aromatic carbocycles. The van der Waals surface area contributed by atoms with E-state index in [0.717, 1.165) is 95.5 Å². The van der Waals surface area contributed by atoms with Gasteiger partial charge in [-0.25, -0.2) is 9.31 Å². The van der Waals surface area contributed by atoms with Crippen LogP contribution in [-0.4, -0.2) is 82.7 Å². The number of aryl methyl sites for hydroxylation is 3. The van der Waals surface area contributed by atoms with Gasteiger partial charge < -0.3 is 24.8 Å². The molecule has 3 heterocycles. The Labute approximate surface area is 393 Å². The Morgan fingerprint density at radius 3 is 2.39 bits per heavy atom. The van der Waals surface area contributed by atoms with Crippen molar-refractivity contribution in [3.05, 3.63) is 154 Å². The number of thioether (sulfide) groups is 1. The zero-order valence-electron chi connectivity index (χ0n) is 37.4. The number of nitrogens with one attached hydrogen (secondary N) is 2. The number of carbonyl (C=O) groups is 2. The number of ether oxygens (including phenoxy) is 2. The Morgan fingerprint density at radius 2 is 1.64 bits per heavy atom. The molecule has 0 aliphatic carbocycles. The molecule has 1 aliphatic rings. The highest BCUT2D eigenvalue weighted by molar-refractivity contribution is 7.99. The minimum Gasteiger partial charge on any atom is -0.493 e. The van der Waals surface area contributed by atoms with Crippen LogP contribution in [0.3, 0.4) is 0 Å². The summed E-state index contributed by atoms with van der Waals surface area (Å²) >= 11 is 2.90. The number of methoxy groups -OCH3 is 1. The highest BCUT2D eigenvalue weighted by atomic mass is 32.2. The van der Waals surface area contributed by atoms with Gasteiger partial charge in [0, 0.05) is 70.4 Å². The number of carboxylic acids is 1. The van der Waals surface area contributed by atoms with Crippen LogP contribution in [0.2, 0.25) is 0 Å². The maximum Gasteiger partial charge on any atom is 0.356 e. The number of likely N-dealkylation sites (tertiary alicyclic amines) is 1. The predicted octanol–water partition coefficient (Wildman–Crippen LogP) is 11.4. The highest BCUT2D eigenvalue weighted by Crippen LogP contribution is 2.34. The van der Waals surface area contributed by atoms with E-state index >= 15 is 0 Å². The van der Waals surface area contributed by atoms with Crippen molar-refractivity contribution in [1.82, 2.24) is 19.2 Å². The number of aromatic nitrogens is 2. The van der Waals surface area contributed by atoms with Crippen LogP contribution < -0.4 is 14.8 Å². The van der Waals surface area contributed by atoms with Gasteiger partial charge in [0.1, 0.15) is 11.4 Å². The number of anilines is 1. The Balaban J connectivity index is 0.925. The molecule has 340 valence electrons. The van der Waals surface area contributed by atoms with E-state index in [4.69, 9.17) is 9.47 Å². The minimum absolute atomic E-state index is 0.00348. The van der Waals surface area contributed by atoms with E-state index in [2.05, 4.69) is 37.3 Å². The van der Waals surface area contributed by atoms with Crippen LogP contribution in [-0.2, 0) is 11.2 Å². The highest BCUT2D eigenvalue weighted by Gasteiger charge is 2.24. The molecule has 12 nitrogen and oxygen atoms in total. The molecule has 0 unspecified atom stereocenters. The van der Waals surface area contributed by atoms with Crippen LogP contribution in [0.15, 0.2) is 136 Å². The Morgan fingerprint density at radius 1 is 0.894 bits per heavy atom. The zero-order valence-corrected chi connectivity index (χ0v) is 39.0. The molecule has 1 aliphatic heterocycles. The first-order valence-corrected chi connectivity index (χ1v) is 24.1. The number of rotatable bonds is 20. The molecule has 1 amide bonds. The molecule has 1 saturated heterocycles. The first-order chi connectivity index (χ1) is 32.2. The number of piperidine rings is 1. The van der Waals surface area contributed by atoms with Crippen LogP contribution in [0.4, 0.5) is 11.4 Å². The number of amides is 1. The average Bonchev–Trinajstić information content (AvgIpc) is 3.73. The maximum absolute atomic E-state index is 13.6. The van der Waals surface area contributed by atoms with Gasteiger partial charge in [-0.2, -0.15) is 5.10 Å². The summed E-state index contributed by atoms with van der Waals surface area (Å²) in [5.41, 5.74) is 5.98. The summed E-state index contributed by atoms with van der Waals surface area (Å²) in [5, 5.41) is 24.0. The van der Waals surface area contributed by atoms with E-state index in [-0.39, 0.29) is 23.3 Å². The number of aromatic carboxylic acids is 1. The molecule has 0 saturated carbocycles. The summed E-state index contributed by atoms with van der Waals surface area (Å²) in [6, 6.07) is 39.2. The van der Waals surface area contributed by atoms with Crippen LogP contribution >= 0.6 is 23.7 Å². The standard InChI is InChI=1S/C52H54N6O6S2/c1-34-30-37(31-35(2)49(34)47-19-10-18-46-43(50(52(60)61)54-58(46)47)17-11-29-64-48-20-9-13-36-12-7-8-16-42(36)48)51(59)56-66-41-21-22-44(45(32-41)55-62)53-38(33-65-40-14-5-4-6-15-40)23-26-57-27-24-39(63-3)25-28-57/h4-10,12-16,18-22,30-32,38-39,53H,11,17,23-29,33H2,1-3H3,(H,56,59)(H,60,61)/t38-/m1/s1. The lowest BCUT2D eigenvalue weighted by Crippen LogP contribution is -2.39. The van der Waals surface area contributed by atoms with Gasteiger partial charge in [-0.15, -0.1) is 16.7 Å². The third-order valence-corrected chi connectivity index (χ3v) is 14.1. The number of hydrogen-bond donors (Lipinski definition) is 3. The predicted molar refractivity (Wildman–Crippen MR) is 266 cm³/mol. The lowest BCUT2D eigenvalue weighted by Gasteiger charge is -2.32. The lowest BCUT2D eigenvalue weighted by atomic mass is 9.96. The normalized spacial score (nSPS) is 13.7. The summed E-state index contributed by atoms with van der Waals surface area (Å²) in [6.07, 6.45) is 4.32. The van der Waals surface area contributed by atoms with E-state index in [1.54, 1.807) is 29.5 Å². The molecular formula is C52H54N6O6S2. The molecule has 0 spiro atoms. The van der Waals surface area contributed by atoms with Crippen molar-refractivity contribution in [2.75, 3.05) is 44.4 Å². The van der Waals surface area contributed by atoms with Gasteiger partial charge in [0.2, 0.25) is 0 Å². The van der Waals surface area contributed by atoms with Gasteiger partial charge in [-0.05, 0) is 140 Å². The van der Waals surface area contributed by atoms with Gasteiger partial charge >= 0.3 is 5.97 Å². The molecule has 8 rings (SSSR count). The van der Waals surface area contributed by atoms with Crippen molar-refractivity contribution >= 4 is 63.3 Å². The lowest BCUT2D eigenvalue weighted by molar-refractivity contribution is 0.0406. The third-order valence-electron chi connectivity index (χ3n) is 12.1. The second-order valence-corrected chi connectivity index (χ2v) is 18.6. The van der Waals surface area contributed by atoms with E-state index in [0.29, 0.717) is 52.8 Å².